The SMILES string of the molecule is COc1ccc(C(C[C@@H](O)Cn2ncccc2=O)=N[S@@](=O)C(C)(C)C)c(O)c1. The molecule has 0 aliphatic rings. The highest BCUT2D eigenvalue weighted by Crippen LogP contribution is 2.26. The fourth-order valence-electron chi connectivity index (χ4n) is 2.33. The first-order chi connectivity index (χ1) is 13.1. The molecule has 9 heteroatoms. The second-order valence-electron chi connectivity index (χ2n) is 7.18. The van der Waals surface area contributed by atoms with E-state index >= 15 is 0 Å². The van der Waals surface area contributed by atoms with Crippen LogP contribution in [-0.4, -0.2) is 47.9 Å². The van der Waals surface area contributed by atoms with Gasteiger partial charge in [-0.05, 0) is 39.0 Å². The first kappa shape index (κ1) is 21.8. The van der Waals surface area contributed by atoms with Crippen LogP contribution in [0.4, 0.5) is 0 Å². The van der Waals surface area contributed by atoms with Crippen LogP contribution in [0.25, 0.3) is 0 Å². The van der Waals surface area contributed by atoms with Gasteiger partial charge in [-0.25, -0.2) is 8.89 Å². The zero-order valence-electron chi connectivity index (χ0n) is 16.3. The van der Waals surface area contributed by atoms with Gasteiger partial charge in [0.15, 0.2) is 0 Å². The molecule has 0 bridgehead atoms. The Balaban J connectivity index is 2.36. The van der Waals surface area contributed by atoms with Crippen molar-refractivity contribution in [3.63, 3.8) is 0 Å². The van der Waals surface area contributed by atoms with Crippen molar-refractivity contribution >= 4 is 16.7 Å². The molecule has 2 atom stereocenters. The second-order valence-corrected chi connectivity index (χ2v) is 9.09. The average Bonchev–Trinajstić information content (AvgIpc) is 2.62. The van der Waals surface area contributed by atoms with Crippen LogP contribution >= 0.6 is 0 Å². The molecule has 1 aromatic heterocycles. The van der Waals surface area contributed by atoms with Gasteiger partial charge in [-0.2, -0.15) is 9.50 Å². The van der Waals surface area contributed by atoms with Gasteiger partial charge in [-0.15, -0.1) is 0 Å². The number of methoxy groups -OCH3 is 1. The summed E-state index contributed by atoms with van der Waals surface area (Å²) >= 11 is 0. The van der Waals surface area contributed by atoms with Crippen molar-refractivity contribution < 1.29 is 19.2 Å². The van der Waals surface area contributed by atoms with E-state index in [1.165, 1.54) is 31.5 Å². The largest absolute Gasteiger partial charge is 0.507 e. The van der Waals surface area contributed by atoms with Crippen molar-refractivity contribution in [1.29, 1.82) is 0 Å². The van der Waals surface area contributed by atoms with E-state index in [9.17, 15) is 19.2 Å². The first-order valence-corrected chi connectivity index (χ1v) is 9.79. The highest BCUT2D eigenvalue weighted by Gasteiger charge is 2.23. The Morgan fingerprint density at radius 3 is 2.64 bits per heavy atom. The van der Waals surface area contributed by atoms with Gasteiger partial charge in [-0.1, -0.05) is 0 Å². The number of ether oxygens (including phenoxy) is 1. The minimum absolute atomic E-state index is 0.0231. The number of phenolic OH excluding ortho intramolecular Hbond substituents is 1. The Morgan fingerprint density at radius 1 is 1.36 bits per heavy atom. The molecule has 0 radical (unpaired) electrons. The second kappa shape index (κ2) is 9.11. The predicted octanol–water partition coefficient (Wildman–Crippen LogP) is 1.66. The Kier molecular flexibility index (Phi) is 7.09. The number of hydrogen-bond donors (Lipinski definition) is 2. The Bertz CT molecular complexity index is 934. The summed E-state index contributed by atoms with van der Waals surface area (Å²) in [7, 11) is -0.122. The first-order valence-electron chi connectivity index (χ1n) is 8.69. The number of aromatic hydroxyl groups is 1. The van der Waals surface area contributed by atoms with Crippen LogP contribution in [0, 0.1) is 0 Å². The van der Waals surface area contributed by atoms with E-state index in [1.54, 1.807) is 32.9 Å². The number of aliphatic hydroxyl groups is 1. The molecule has 0 aliphatic heterocycles. The topological polar surface area (TPSA) is 114 Å². The van der Waals surface area contributed by atoms with E-state index in [2.05, 4.69) is 9.50 Å². The maximum absolute atomic E-state index is 12.5. The number of aromatic nitrogens is 2. The lowest BCUT2D eigenvalue weighted by Crippen LogP contribution is -2.30. The molecular weight excluding hydrogens is 382 g/mol. The molecule has 2 aromatic rings. The number of aliphatic hydroxyl groups excluding tert-OH is 1. The maximum Gasteiger partial charge on any atom is 0.266 e. The maximum atomic E-state index is 12.5. The monoisotopic (exact) mass is 407 g/mol. The molecule has 28 heavy (non-hydrogen) atoms. The zero-order valence-corrected chi connectivity index (χ0v) is 17.1. The number of rotatable bonds is 7. The molecule has 2 N–H and O–H groups in total. The molecule has 0 saturated heterocycles. The van der Waals surface area contributed by atoms with Crippen LogP contribution in [0.15, 0.2) is 45.7 Å². The normalized spacial score (nSPS) is 14.5. The van der Waals surface area contributed by atoms with Crippen molar-refractivity contribution in [2.24, 2.45) is 4.40 Å². The van der Waals surface area contributed by atoms with Crippen LogP contribution in [0.5, 0.6) is 11.5 Å². The summed E-state index contributed by atoms with van der Waals surface area (Å²) in [6.45, 7) is 5.28. The molecular formula is C19H25N3O5S. The highest BCUT2D eigenvalue weighted by molar-refractivity contribution is 7.85. The fraction of sp³-hybridized carbons (Fsp3) is 0.421. The lowest BCUT2D eigenvalue weighted by molar-refractivity contribution is 0.154. The van der Waals surface area contributed by atoms with E-state index < -0.39 is 21.8 Å². The third-order valence-corrected chi connectivity index (χ3v) is 5.26. The lowest BCUT2D eigenvalue weighted by Gasteiger charge is -2.18. The van der Waals surface area contributed by atoms with Crippen LogP contribution in [0.1, 0.15) is 32.8 Å². The quantitative estimate of drug-likeness (QED) is 0.675. The minimum atomic E-state index is -1.60. The van der Waals surface area contributed by atoms with Gasteiger partial charge < -0.3 is 14.9 Å². The van der Waals surface area contributed by atoms with Crippen LogP contribution in [-0.2, 0) is 17.5 Å². The van der Waals surface area contributed by atoms with Crippen molar-refractivity contribution in [1.82, 2.24) is 9.78 Å². The molecule has 0 amide bonds. The molecule has 0 unspecified atom stereocenters. The number of phenols is 1. The molecule has 0 saturated carbocycles. The van der Waals surface area contributed by atoms with Gasteiger partial charge in [0, 0.05) is 30.3 Å². The molecule has 1 aromatic carbocycles. The van der Waals surface area contributed by atoms with Crippen LogP contribution in [0.2, 0.25) is 0 Å². The molecule has 2 rings (SSSR count). The fourth-order valence-corrected chi connectivity index (χ4v) is 2.97. The summed E-state index contributed by atoms with van der Waals surface area (Å²) in [4.78, 5) is 11.8. The van der Waals surface area contributed by atoms with E-state index in [1.807, 2.05) is 0 Å². The van der Waals surface area contributed by atoms with Crippen LogP contribution < -0.4 is 10.3 Å². The summed E-state index contributed by atoms with van der Waals surface area (Å²) in [6, 6.07) is 7.51. The van der Waals surface area contributed by atoms with Crippen molar-refractivity contribution in [2.75, 3.05) is 7.11 Å². The van der Waals surface area contributed by atoms with Gasteiger partial charge >= 0.3 is 0 Å². The summed E-state index contributed by atoms with van der Waals surface area (Å²) in [6.07, 6.45) is 0.405. The molecule has 8 nitrogen and oxygen atoms in total. The van der Waals surface area contributed by atoms with Gasteiger partial charge in [-0.3, -0.25) is 4.79 Å². The van der Waals surface area contributed by atoms with E-state index in [4.69, 9.17) is 4.74 Å². The summed E-state index contributed by atoms with van der Waals surface area (Å²) in [5.74, 6) is 0.351. The Labute approximate surface area is 166 Å². The summed E-state index contributed by atoms with van der Waals surface area (Å²) in [5.41, 5.74) is 0.265. The van der Waals surface area contributed by atoms with Gasteiger partial charge in [0.05, 0.1) is 30.2 Å². The number of nitrogens with zero attached hydrogens (tertiary/aromatic N) is 3. The van der Waals surface area contributed by atoms with E-state index in [0.29, 0.717) is 11.3 Å². The smallest absolute Gasteiger partial charge is 0.266 e. The summed E-state index contributed by atoms with van der Waals surface area (Å²) < 4.78 is 22.4. The minimum Gasteiger partial charge on any atom is -0.507 e. The third kappa shape index (κ3) is 5.74. The van der Waals surface area contributed by atoms with Gasteiger partial charge in [0.2, 0.25) is 0 Å². The highest BCUT2D eigenvalue weighted by atomic mass is 32.2. The zero-order chi connectivity index (χ0) is 20.9. The number of benzene rings is 1. The molecule has 0 aliphatic carbocycles. The van der Waals surface area contributed by atoms with Crippen molar-refractivity contribution in [2.45, 2.75) is 44.6 Å². The van der Waals surface area contributed by atoms with E-state index in [-0.39, 0.29) is 30.0 Å². The van der Waals surface area contributed by atoms with E-state index in [0.717, 1.165) is 4.68 Å². The van der Waals surface area contributed by atoms with Crippen LogP contribution in [0.3, 0.4) is 0 Å². The lowest BCUT2D eigenvalue weighted by atomic mass is 10.0. The standard InChI is InChI=1S/C19H25N3O5S/c1-19(2,3)28(26)21-16(15-8-7-14(27-4)11-17(15)24)10-13(23)12-22-18(25)6-5-9-20-22/h5-9,11,13,23-24H,10,12H2,1-4H3/t13-,28+/m1/s1. The number of hydrogen-bond acceptors (Lipinski definition) is 6. The Hall–Kier alpha value is -2.52. The molecule has 0 fully saturated rings. The van der Waals surface area contributed by atoms with Crippen molar-refractivity contribution in [3.8, 4) is 11.5 Å². The van der Waals surface area contributed by atoms with Gasteiger partial charge in [0.25, 0.3) is 5.56 Å². The third-order valence-electron chi connectivity index (χ3n) is 3.83. The molecule has 0 spiro atoms. The summed E-state index contributed by atoms with van der Waals surface area (Å²) in [5, 5.41) is 24.7. The van der Waals surface area contributed by atoms with Crippen molar-refractivity contribution in [3.05, 3.63) is 52.4 Å². The molecule has 1 heterocycles. The molecule has 152 valence electrons. The van der Waals surface area contributed by atoms with Gasteiger partial charge in [0.1, 0.15) is 22.5 Å². The predicted molar refractivity (Wildman–Crippen MR) is 108 cm³/mol. The Morgan fingerprint density at radius 2 is 2.07 bits per heavy atom. The average molecular weight is 407 g/mol.